The summed E-state index contributed by atoms with van der Waals surface area (Å²) in [5.74, 6) is -0.655. The molecule has 0 aliphatic carbocycles. The van der Waals surface area contributed by atoms with Crippen LogP contribution in [0.4, 0.5) is 0 Å². The molecule has 0 amide bonds. The summed E-state index contributed by atoms with van der Waals surface area (Å²) in [6.07, 6.45) is 1.88. The highest BCUT2D eigenvalue weighted by Crippen LogP contribution is 2.36. The van der Waals surface area contributed by atoms with E-state index >= 15 is 0 Å². The fraction of sp³-hybridized carbons (Fsp3) is 0.308. The maximum Gasteiger partial charge on any atom is 0.219 e. The van der Waals surface area contributed by atoms with Gasteiger partial charge in [0, 0.05) is 6.20 Å². The molecule has 17 heavy (non-hydrogen) atoms. The van der Waals surface area contributed by atoms with Gasteiger partial charge in [0.15, 0.2) is 5.01 Å². The van der Waals surface area contributed by atoms with Crippen LogP contribution < -0.4 is 0 Å². The van der Waals surface area contributed by atoms with Crippen LogP contribution in [0.15, 0.2) is 36.5 Å². The minimum absolute atomic E-state index is 0.636. The van der Waals surface area contributed by atoms with E-state index in [4.69, 9.17) is 9.47 Å². The van der Waals surface area contributed by atoms with Gasteiger partial charge in [0.2, 0.25) is 5.79 Å². The largest absolute Gasteiger partial charge is 0.342 e. The minimum Gasteiger partial charge on any atom is -0.342 e. The lowest BCUT2D eigenvalue weighted by Crippen LogP contribution is -2.21. The molecular formula is C13H13NO2S. The zero-order chi connectivity index (χ0) is 11.7. The Morgan fingerprint density at radius 3 is 2.59 bits per heavy atom. The van der Waals surface area contributed by atoms with Crippen molar-refractivity contribution in [2.24, 2.45) is 0 Å². The average Bonchev–Trinajstić information content (AvgIpc) is 2.99. The van der Waals surface area contributed by atoms with Crippen molar-refractivity contribution < 1.29 is 9.47 Å². The van der Waals surface area contributed by atoms with Crippen LogP contribution in [0.25, 0.3) is 10.4 Å². The van der Waals surface area contributed by atoms with Crippen molar-refractivity contribution in [3.05, 3.63) is 41.5 Å². The molecule has 1 fully saturated rings. The zero-order valence-electron chi connectivity index (χ0n) is 9.55. The van der Waals surface area contributed by atoms with Gasteiger partial charge in [0.25, 0.3) is 0 Å². The Bertz CT molecular complexity index is 503. The Morgan fingerprint density at radius 2 is 1.88 bits per heavy atom. The predicted octanol–water partition coefficient (Wildman–Crippen LogP) is 3.03. The van der Waals surface area contributed by atoms with E-state index in [1.807, 2.05) is 31.3 Å². The molecular weight excluding hydrogens is 234 g/mol. The summed E-state index contributed by atoms with van der Waals surface area (Å²) in [4.78, 5) is 5.55. The Morgan fingerprint density at radius 1 is 1.18 bits per heavy atom. The van der Waals surface area contributed by atoms with Crippen molar-refractivity contribution in [3.8, 4) is 10.4 Å². The second kappa shape index (κ2) is 4.22. The number of aromatic nitrogens is 1. The molecule has 88 valence electrons. The molecule has 2 aromatic rings. The van der Waals surface area contributed by atoms with Crippen molar-refractivity contribution in [3.63, 3.8) is 0 Å². The maximum atomic E-state index is 5.60. The fourth-order valence-corrected chi connectivity index (χ4v) is 2.83. The van der Waals surface area contributed by atoms with Gasteiger partial charge in [-0.3, -0.25) is 0 Å². The van der Waals surface area contributed by atoms with E-state index in [9.17, 15) is 0 Å². The quantitative estimate of drug-likeness (QED) is 0.817. The van der Waals surface area contributed by atoms with Gasteiger partial charge in [0.05, 0.1) is 18.1 Å². The Labute approximate surface area is 104 Å². The highest BCUT2D eigenvalue weighted by atomic mass is 32.1. The monoisotopic (exact) mass is 247 g/mol. The molecule has 2 heterocycles. The van der Waals surface area contributed by atoms with Gasteiger partial charge >= 0.3 is 0 Å². The fourth-order valence-electron chi connectivity index (χ4n) is 1.86. The summed E-state index contributed by atoms with van der Waals surface area (Å²) in [6.45, 7) is 3.20. The zero-order valence-corrected chi connectivity index (χ0v) is 10.4. The van der Waals surface area contributed by atoms with Crippen LogP contribution in [-0.4, -0.2) is 18.2 Å². The maximum absolute atomic E-state index is 5.60. The Hall–Kier alpha value is -1.23. The van der Waals surface area contributed by atoms with Crippen LogP contribution in [0.2, 0.25) is 0 Å². The molecule has 0 unspecified atom stereocenters. The molecule has 1 aliphatic rings. The van der Waals surface area contributed by atoms with Gasteiger partial charge in [0.1, 0.15) is 0 Å². The number of rotatable bonds is 2. The Balaban J connectivity index is 1.93. The molecule has 3 nitrogen and oxygen atoms in total. The summed E-state index contributed by atoms with van der Waals surface area (Å²) in [6, 6.07) is 10.2. The normalized spacial score (nSPS) is 18.4. The molecule has 0 saturated carbocycles. The smallest absolute Gasteiger partial charge is 0.219 e. The number of benzene rings is 1. The van der Waals surface area contributed by atoms with Crippen molar-refractivity contribution in [1.82, 2.24) is 4.98 Å². The van der Waals surface area contributed by atoms with Crippen molar-refractivity contribution in [2.75, 3.05) is 13.2 Å². The van der Waals surface area contributed by atoms with Crippen LogP contribution in [0, 0.1) is 0 Å². The van der Waals surface area contributed by atoms with Crippen LogP contribution >= 0.6 is 11.3 Å². The minimum atomic E-state index is -0.655. The Kier molecular flexibility index (Phi) is 2.70. The van der Waals surface area contributed by atoms with E-state index in [1.54, 1.807) is 11.3 Å². The van der Waals surface area contributed by atoms with E-state index in [-0.39, 0.29) is 0 Å². The van der Waals surface area contributed by atoms with Crippen molar-refractivity contribution in [1.29, 1.82) is 0 Å². The van der Waals surface area contributed by atoms with E-state index in [1.165, 1.54) is 5.56 Å². The number of hydrogen-bond donors (Lipinski definition) is 0. The lowest BCUT2D eigenvalue weighted by Gasteiger charge is -2.18. The number of ether oxygens (including phenoxy) is 2. The highest BCUT2D eigenvalue weighted by molar-refractivity contribution is 7.15. The lowest BCUT2D eigenvalue weighted by molar-refractivity contribution is -0.149. The van der Waals surface area contributed by atoms with E-state index < -0.39 is 5.79 Å². The first-order valence-corrected chi connectivity index (χ1v) is 6.39. The molecule has 0 bridgehead atoms. The van der Waals surface area contributed by atoms with Gasteiger partial charge in [-0.2, -0.15) is 0 Å². The standard InChI is InChI=1S/C13H13NO2S/c1-13(15-7-8-16-13)12-14-9-11(17-12)10-5-3-2-4-6-10/h2-6,9H,7-8H2,1H3. The van der Waals surface area contributed by atoms with Crippen molar-refractivity contribution in [2.45, 2.75) is 12.7 Å². The first-order valence-electron chi connectivity index (χ1n) is 5.58. The molecule has 0 spiro atoms. The summed E-state index contributed by atoms with van der Waals surface area (Å²) < 4.78 is 11.2. The van der Waals surface area contributed by atoms with Crippen LogP contribution in [-0.2, 0) is 15.3 Å². The molecule has 4 heteroatoms. The third-order valence-corrected chi connectivity index (χ3v) is 4.02. The molecule has 0 N–H and O–H groups in total. The molecule has 1 aliphatic heterocycles. The third kappa shape index (κ3) is 1.99. The first kappa shape index (κ1) is 10.9. The van der Waals surface area contributed by atoms with E-state index in [2.05, 4.69) is 17.1 Å². The second-order valence-corrected chi connectivity index (χ2v) is 5.07. The lowest BCUT2D eigenvalue weighted by atomic mass is 10.2. The molecule has 3 rings (SSSR count). The van der Waals surface area contributed by atoms with E-state index in [0.29, 0.717) is 13.2 Å². The molecule has 1 aromatic heterocycles. The summed E-state index contributed by atoms with van der Waals surface area (Å²) >= 11 is 1.62. The van der Waals surface area contributed by atoms with Gasteiger partial charge in [-0.25, -0.2) is 4.98 Å². The number of hydrogen-bond acceptors (Lipinski definition) is 4. The topological polar surface area (TPSA) is 31.4 Å². The number of thiazole rings is 1. The highest BCUT2D eigenvalue weighted by Gasteiger charge is 2.36. The molecule has 0 atom stereocenters. The molecule has 1 aromatic carbocycles. The predicted molar refractivity (Wildman–Crippen MR) is 66.8 cm³/mol. The molecule has 1 saturated heterocycles. The van der Waals surface area contributed by atoms with Gasteiger partial charge in [-0.1, -0.05) is 30.3 Å². The summed E-state index contributed by atoms with van der Waals surface area (Å²) in [5, 5.41) is 0.883. The first-order chi connectivity index (χ1) is 8.28. The van der Waals surface area contributed by atoms with Crippen molar-refractivity contribution >= 4 is 11.3 Å². The van der Waals surface area contributed by atoms with Gasteiger partial charge < -0.3 is 9.47 Å². The van der Waals surface area contributed by atoms with Crippen LogP contribution in [0.1, 0.15) is 11.9 Å². The summed E-state index contributed by atoms with van der Waals surface area (Å²) in [5.41, 5.74) is 1.18. The molecule has 0 radical (unpaired) electrons. The summed E-state index contributed by atoms with van der Waals surface area (Å²) in [7, 11) is 0. The SMILES string of the molecule is CC1(c2ncc(-c3ccccc3)s2)OCCO1. The average molecular weight is 247 g/mol. The van der Waals surface area contributed by atoms with E-state index in [0.717, 1.165) is 9.88 Å². The number of nitrogens with zero attached hydrogens (tertiary/aromatic N) is 1. The van der Waals surface area contributed by atoms with Gasteiger partial charge in [-0.15, -0.1) is 11.3 Å². The second-order valence-electron chi connectivity index (χ2n) is 4.04. The van der Waals surface area contributed by atoms with Crippen LogP contribution in [0.3, 0.4) is 0 Å². The third-order valence-electron chi connectivity index (χ3n) is 2.79. The van der Waals surface area contributed by atoms with Crippen LogP contribution in [0.5, 0.6) is 0 Å². The van der Waals surface area contributed by atoms with Gasteiger partial charge in [-0.05, 0) is 12.5 Å².